The Balaban J connectivity index is 1.62. The Labute approximate surface area is 125 Å². The number of rotatable bonds is 3. The van der Waals surface area contributed by atoms with E-state index in [1.54, 1.807) is 0 Å². The molecule has 3 unspecified atom stereocenters. The van der Waals surface area contributed by atoms with Crippen molar-refractivity contribution >= 4 is 0 Å². The number of hydrogen-bond acceptors (Lipinski definition) is 3. The van der Waals surface area contributed by atoms with Gasteiger partial charge < -0.3 is 10.2 Å². The molecule has 0 saturated carbocycles. The predicted molar refractivity (Wildman–Crippen MR) is 85.1 cm³/mol. The molecule has 3 aliphatic heterocycles. The zero-order valence-corrected chi connectivity index (χ0v) is 13.5. The van der Waals surface area contributed by atoms with Gasteiger partial charge >= 0.3 is 0 Å². The molecule has 0 spiro atoms. The summed E-state index contributed by atoms with van der Waals surface area (Å²) in [7, 11) is 2.37. The highest BCUT2D eigenvalue weighted by atomic mass is 15.2. The first-order chi connectivity index (χ1) is 9.78. The van der Waals surface area contributed by atoms with Crippen molar-refractivity contribution in [1.82, 2.24) is 15.1 Å². The molecular formula is C17H33N3. The van der Waals surface area contributed by atoms with E-state index in [0.29, 0.717) is 0 Å². The summed E-state index contributed by atoms with van der Waals surface area (Å²) in [6.07, 6.45) is 11.2. The van der Waals surface area contributed by atoms with Gasteiger partial charge in [0.2, 0.25) is 0 Å². The molecule has 0 radical (unpaired) electrons. The smallest absolute Gasteiger partial charge is 0.0195 e. The first-order valence-corrected chi connectivity index (χ1v) is 8.97. The Morgan fingerprint density at radius 1 is 1.05 bits per heavy atom. The lowest BCUT2D eigenvalue weighted by molar-refractivity contribution is 0.00830. The SMILES string of the molecule is CCCC1CN(C2CC3CCCC(C2)N3C)CCCN1. The summed E-state index contributed by atoms with van der Waals surface area (Å²) in [5.41, 5.74) is 0. The summed E-state index contributed by atoms with van der Waals surface area (Å²) >= 11 is 0. The van der Waals surface area contributed by atoms with E-state index in [2.05, 4.69) is 29.1 Å². The summed E-state index contributed by atoms with van der Waals surface area (Å²) in [4.78, 5) is 5.54. The van der Waals surface area contributed by atoms with Gasteiger partial charge in [-0.25, -0.2) is 0 Å². The van der Waals surface area contributed by atoms with Crippen molar-refractivity contribution in [3.05, 3.63) is 0 Å². The molecule has 116 valence electrons. The van der Waals surface area contributed by atoms with E-state index in [1.807, 2.05) is 0 Å². The molecule has 3 aliphatic rings. The number of fused-ring (bicyclic) bond motifs is 2. The number of hydrogen-bond donors (Lipinski definition) is 1. The average Bonchev–Trinajstić information content (AvgIpc) is 2.64. The van der Waals surface area contributed by atoms with Gasteiger partial charge in [0.1, 0.15) is 0 Å². The lowest BCUT2D eigenvalue weighted by atomic mass is 9.81. The summed E-state index contributed by atoms with van der Waals surface area (Å²) in [5.74, 6) is 0. The molecule has 0 amide bonds. The van der Waals surface area contributed by atoms with Gasteiger partial charge in [0.25, 0.3) is 0 Å². The van der Waals surface area contributed by atoms with Gasteiger partial charge in [-0.05, 0) is 58.7 Å². The van der Waals surface area contributed by atoms with Crippen LogP contribution < -0.4 is 5.32 Å². The molecule has 3 saturated heterocycles. The monoisotopic (exact) mass is 279 g/mol. The molecule has 3 nitrogen and oxygen atoms in total. The fourth-order valence-corrected chi connectivity index (χ4v) is 4.79. The second-order valence-corrected chi connectivity index (χ2v) is 7.32. The highest BCUT2D eigenvalue weighted by Gasteiger charge is 2.38. The normalized spacial score (nSPS) is 40.5. The van der Waals surface area contributed by atoms with Crippen LogP contribution in [0.4, 0.5) is 0 Å². The molecule has 20 heavy (non-hydrogen) atoms. The number of nitrogens with zero attached hydrogens (tertiary/aromatic N) is 2. The van der Waals surface area contributed by atoms with Gasteiger partial charge in [0.15, 0.2) is 0 Å². The van der Waals surface area contributed by atoms with Crippen LogP contribution in [0.5, 0.6) is 0 Å². The number of nitrogens with one attached hydrogen (secondary N) is 1. The molecule has 3 fully saturated rings. The van der Waals surface area contributed by atoms with E-state index in [1.165, 1.54) is 71.0 Å². The van der Waals surface area contributed by atoms with Gasteiger partial charge in [-0.2, -0.15) is 0 Å². The Bertz CT molecular complexity index is 293. The standard InChI is InChI=1S/C17H33N3/c1-3-6-14-13-20(10-5-9-18-14)17-11-15-7-4-8-16(12-17)19(15)2/h14-18H,3-13H2,1-2H3. The van der Waals surface area contributed by atoms with Crippen molar-refractivity contribution < 1.29 is 0 Å². The third-order valence-electron chi connectivity index (χ3n) is 5.98. The average molecular weight is 279 g/mol. The van der Waals surface area contributed by atoms with Crippen LogP contribution in [0.2, 0.25) is 0 Å². The van der Waals surface area contributed by atoms with Crippen LogP contribution in [0.3, 0.4) is 0 Å². The molecule has 0 aromatic rings. The molecule has 2 bridgehead atoms. The quantitative estimate of drug-likeness (QED) is 0.856. The van der Waals surface area contributed by atoms with Crippen LogP contribution in [0.15, 0.2) is 0 Å². The maximum atomic E-state index is 3.76. The molecule has 0 aromatic carbocycles. The van der Waals surface area contributed by atoms with Crippen LogP contribution in [0.1, 0.15) is 58.3 Å². The van der Waals surface area contributed by atoms with Gasteiger partial charge in [0.05, 0.1) is 0 Å². The first kappa shape index (κ1) is 14.8. The van der Waals surface area contributed by atoms with E-state index in [0.717, 1.165) is 24.2 Å². The van der Waals surface area contributed by atoms with E-state index in [-0.39, 0.29) is 0 Å². The Hall–Kier alpha value is -0.120. The van der Waals surface area contributed by atoms with Crippen LogP contribution >= 0.6 is 0 Å². The Kier molecular flexibility index (Phi) is 5.00. The molecular weight excluding hydrogens is 246 g/mol. The van der Waals surface area contributed by atoms with Crippen molar-refractivity contribution in [3.63, 3.8) is 0 Å². The second kappa shape index (κ2) is 6.76. The molecule has 3 atom stereocenters. The van der Waals surface area contributed by atoms with Crippen LogP contribution in [-0.4, -0.2) is 60.6 Å². The lowest BCUT2D eigenvalue weighted by Gasteiger charge is -2.50. The van der Waals surface area contributed by atoms with Crippen molar-refractivity contribution in [3.8, 4) is 0 Å². The third-order valence-corrected chi connectivity index (χ3v) is 5.98. The molecule has 3 rings (SSSR count). The molecule has 3 heterocycles. The minimum atomic E-state index is 0.738. The highest BCUT2D eigenvalue weighted by Crippen LogP contribution is 2.35. The van der Waals surface area contributed by atoms with E-state index >= 15 is 0 Å². The van der Waals surface area contributed by atoms with Crippen LogP contribution in [0.25, 0.3) is 0 Å². The molecule has 0 aromatic heterocycles. The molecule has 0 aliphatic carbocycles. The van der Waals surface area contributed by atoms with Gasteiger partial charge in [-0.15, -0.1) is 0 Å². The minimum absolute atomic E-state index is 0.738. The summed E-state index contributed by atoms with van der Waals surface area (Å²) < 4.78 is 0. The zero-order chi connectivity index (χ0) is 13.9. The van der Waals surface area contributed by atoms with Gasteiger partial charge in [-0.3, -0.25) is 4.90 Å². The largest absolute Gasteiger partial charge is 0.313 e. The summed E-state index contributed by atoms with van der Waals surface area (Å²) in [5, 5.41) is 3.76. The Morgan fingerprint density at radius 3 is 2.50 bits per heavy atom. The van der Waals surface area contributed by atoms with Gasteiger partial charge in [0, 0.05) is 30.7 Å². The molecule has 1 N–H and O–H groups in total. The maximum Gasteiger partial charge on any atom is 0.0195 e. The first-order valence-electron chi connectivity index (χ1n) is 8.97. The van der Waals surface area contributed by atoms with Crippen LogP contribution in [0, 0.1) is 0 Å². The lowest BCUT2D eigenvalue weighted by Crippen LogP contribution is -2.56. The second-order valence-electron chi connectivity index (χ2n) is 7.32. The zero-order valence-electron chi connectivity index (χ0n) is 13.5. The Morgan fingerprint density at radius 2 is 1.80 bits per heavy atom. The fraction of sp³-hybridized carbons (Fsp3) is 1.00. The van der Waals surface area contributed by atoms with Crippen molar-refractivity contribution in [2.75, 3.05) is 26.7 Å². The minimum Gasteiger partial charge on any atom is -0.313 e. The van der Waals surface area contributed by atoms with E-state index < -0.39 is 0 Å². The summed E-state index contributed by atoms with van der Waals surface area (Å²) in [6, 6.07) is 3.34. The third kappa shape index (κ3) is 3.20. The summed E-state index contributed by atoms with van der Waals surface area (Å²) in [6.45, 7) is 6.15. The van der Waals surface area contributed by atoms with Gasteiger partial charge in [-0.1, -0.05) is 19.8 Å². The van der Waals surface area contributed by atoms with Crippen molar-refractivity contribution in [2.45, 2.75) is 82.5 Å². The fourth-order valence-electron chi connectivity index (χ4n) is 4.79. The predicted octanol–water partition coefficient (Wildman–Crippen LogP) is 2.47. The maximum absolute atomic E-state index is 3.76. The number of piperidine rings is 2. The van der Waals surface area contributed by atoms with E-state index in [9.17, 15) is 0 Å². The van der Waals surface area contributed by atoms with Crippen molar-refractivity contribution in [1.29, 1.82) is 0 Å². The topological polar surface area (TPSA) is 18.5 Å². The molecule has 3 heteroatoms. The van der Waals surface area contributed by atoms with Crippen LogP contribution in [-0.2, 0) is 0 Å². The highest BCUT2D eigenvalue weighted by molar-refractivity contribution is 4.95. The van der Waals surface area contributed by atoms with E-state index in [4.69, 9.17) is 0 Å². The van der Waals surface area contributed by atoms with Crippen molar-refractivity contribution in [2.24, 2.45) is 0 Å².